The molecule has 0 spiro atoms. The quantitative estimate of drug-likeness (QED) is 0.330. The van der Waals surface area contributed by atoms with Crippen LogP contribution in [0.15, 0.2) is 0 Å². The molecule has 0 unspecified atom stereocenters. The predicted molar refractivity (Wildman–Crippen MR) is 42.9 cm³/mol. The fraction of sp³-hybridized carbons (Fsp3) is 0.800. The Bertz CT molecular complexity index is 68.0. The van der Waals surface area contributed by atoms with Crippen LogP contribution in [-0.4, -0.2) is 11.8 Å². The van der Waals surface area contributed by atoms with Crippen LogP contribution in [-0.2, 0) is 4.74 Å². The molecule has 0 heterocycles. The number of hydrazine groups is 1. The van der Waals surface area contributed by atoms with Crippen molar-refractivity contribution in [3.05, 3.63) is 0 Å². The van der Waals surface area contributed by atoms with Gasteiger partial charge >= 0.3 is 0 Å². The van der Waals surface area contributed by atoms with Crippen LogP contribution in [0.2, 0.25) is 0 Å². The highest BCUT2D eigenvalue weighted by atomic mass is 32.1. The molecule has 0 radical (unpaired) electrons. The summed E-state index contributed by atoms with van der Waals surface area (Å²) in [6, 6.07) is 0. The second-order valence-electron chi connectivity index (χ2n) is 0.865. The van der Waals surface area contributed by atoms with Crippen molar-refractivity contribution in [2.45, 2.75) is 20.8 Å². The van der Waals surface area contributed by atoms with Crippen LogP contribution < -0.4 is 11.3 Å². The summed E-state index contributed by atoms with van der Waals surface area (Å²) in [6.07, 6.45) is 0. The van der Waals surface area contributed by atoms with Gasteiger partial charge in [-0.05, 0) is 19.1 Å². The first kappa shape index (κ1) is 11.4. The summed E-state index contributed by atoms with van der Waals surface area (Å²) in [5.41, 5.74) is 2.18. The minimum atomic E-state index is 0.238. The molecule has 0 atom stereocenters. The lowest BCUT2D eigenvalue weighted by molar-refractivity contribution is 0.321. The van der Waals surface area contributed by atoms with Gasteiger partial charge in [-0.3, -0.25) is 5.43 Å². The van der Waals surface area contributed by atoms with Gasteiger partial charge in [0.25, 0.3) is 5.17 Å². The van der Waals surface area contributed by atoms with Crippen molar-refractivity contribution < 1.29 is 4.74 Å². The zero-order valence-electron chi connectivity index (χ0n) is 6.10. The monoisotopic (exact) mass is 150 g/mol. The second kappa shape index (κ2) is 10.6. The molecule has 0 aliphatic heterocycles. The molecule has 3 nitrogen and oxygen atoms in total. The standard InChI is InChI=1S/C3H8N2OS.C2H6/c1-2-6-3(7)5-4;1-2/h2,4H2,1H3,(H,5,7);1-2H3. The van der Waals surface area contributed by atoms with Crippen molar-refractivity contribution in [3.63, 3.8) is 0 Å². The predicted octanol–water partition coefficient (Wildman–Crippen LogP) is 0.797. The van der Waals surface area contributed by atoms with E-state index >= 15 is 0 Å². The number of hydrogen-bond acceptors (Lipinski definition) is 3. The van der Waals surface area contributed by atoms with Gasteiger partial charge in [-0.1, -0.05) is 13.8 Å². The zero-order valence-corrected chi connectivity index (χ0v) is 6.92. The van der Waals surface area contributed by atoms with E-state index in [1.165, 1.54) is 0 Å². The van der Waals surface area contributed by atoms with E-state index in [2.05, 4.69) is 22.4 Å². The van der Waals surface area contributed by atoms with Crippen LogP contribution in [0.1, 0.15) is 20.8 Å². The van der Waals surface area contributed by atoms with Crippen molar-refractivity contribution in [3.8, 4) is 0 Å². The maximum absolute atomic E-state index is 4.84. The smallest absolute Gasteiger partial charge is 0.271 e. The van der Waals surface area contributed by atoms with Crippen molar-refractivity contribution in [2.24, 2.45) is 5.84 Å². The number of ether oxygens (including phenoxy) is 1. The third kappa shape index (κ3) is 11.3. The molecule has 0 saturated carbocycles. The first-order valence-electron chi connectivity index (χ1n) is 2.94. The molecule has 0 aliphatic carbocycles. The van der Waals surface area contributed by atoms with Crippen LogP contribution >= 0.6 is 12.2 Å². The topological polar surface area (TPSA) is 47.3 Å². The van der Waals surface area contributed by atoms with Gasteiger partial charge in [0.05, 0.1) is 6.61 Å². The third-order valence-corrected chi connectivity index (χ3v) is 0.629. The Morgan fingerprint density at radius 1 is 1.67 bits per heavy atom. The van der Waals surface area contributed by atoms with Crippen LogP contribution in [0.3, 0.4) is 0 Å². The van der Waals surface area contributed by atoms with Gasteiger partial charge in [-0.15, -0.1) is 0 Å². The largest absolute Gasteiger partial charge is 0.470 e. The lowest BCUT2D eigenvalue weighted by Crippen LogP contribution is -2.30. The van der Waals surface area contributed by atoms with E-state index in [0.717, 1.165) is 0 Å². The Morgan fingerprint density at radius 2 is 2.11 bits per heavy atom. The molecule has 0 fully saturated rings. The summed E-state index contributed by atoms with van der Waals surface area (Å²) in [4.78, 5) is 0. The minimum absolute atomic E-state index is 0.238. The van der Waals surface area contributed by atoms with Gasteiger partial charge in [-0.2, -0.15) is 0 Å². The molecule has 3 N–H and O–H groups in total. The Balaban J connectivity index is 0. The molecule has 0 saturated heterocycles. The fourth-order valence-corrected chi connectivity index (χ4v) is 0.291. The molecule has 0 rings (SSSR count). The van der Waals surface area contributed by atoms with Gasteiger partial charge < -0.3 is 4.74 Å². The van der Waals surface area contributed by atoms with Gasteiger partial charge in [0.1, 0.15) is 0 Å². The summed E-state index contributed by atoms with van der Waals surface area (Å²) in [5.74, 6) is 4.84. The van der Waals surface area contributed by atoms with Crippen molar-refractivity contribution in [2.75, 3.05) is 6.61 Å². The fourth-order valence-electron chi connectivity index (χ4n) is 0.173. The average molecular weight is 150 g/mol. The lowest BCUT2D eigenvalue weighted by atomic mass is 10.9. The molecule has 0 bridgehead atoms. The summed E-state index contributed by atoms with van der Waals surface area (Å²) in [7, 11) is 0. The van der Waals surface area contributed by atoms with Gasteiger partial charge in [0.2, 0.25) is 0 Å². The highest BCUT2D eigenvalue weighted by Gasteiger charge is 1.83. The molecular weight excluding hydrogens is 136 g/mol. The number of nitrogens with two attached hydrogens (primary N) is 1. The van der Waals surface area contributed by atoms with Gasteiger partial charge in [0.15, 0.2) is 0 Å². The first-order chi connectivity index (χ1) is 4.31. The van der Waals surface area contributed by atoms with E-state index in [0.29, 0.717) is 6.61 Å². The van der Waals surface area contributed by atoms with Crippen LogP contribution in [0.5, 0.6) is 0 Å². The molecule has 0 aliphatic rings. The molecule has 0 aromatic heterocycles. The number of thiocarbonyl (C=S) groups is 1. The molecule has 56 valence electrons. The van der Waals surface area contributed by atoms with E-state index in [9.17, 15) is 0 Å². The third-order valence-electron chi connectivity index (χ3n) is 0.393. The number of rotatable bonds is 1. The molecule has 4 heteroatoms. The maximum Gasteiger partial charge on any atom is 0.271 e. The Kier molecular flexibility index (Phi) is 13.5. The normalized spacial score (nSPS) is 6.67. The first-order valence-corrected chi connectivity index (χ1v) is 3.35. The Morgan fingerprint density at radius 3 is 2.22 bits per heavy atom. The van der Waals surface area contributed by atoms with Crippen molar-refractivity contribution in [1.29, 1.82) is 0 Å². The second-order valence-corrected chi connectivity index (χ2v) is 1.24. The molecule has 0 aromatic carbocycles. The summed E-state index contributed by atoms with van der Waals surface area (Å²) in [6.45, 7) is 6.40. The highest BCUT2D eigenvalue weighted by molar-refractivity contribution is 7.80. The average Bonchev–Trinajstić information content (AvgIpc) is 1.93. The van der Waals surface area contributed by atoms with E-state index < -0.39 is 0 Å². The van der Waals surface area contributed by atoms with Crippen LogP contribution in [0, 0.1) is 0 Å². The summed E-state index contributed by atoms with van der Waals surface area (Å²) < 4.78 is 4.69. The Hall–Kier alpha value is -0.350. The minimum Gasteiger partial charge on any atom is -0.470 e. The SMILES string of the molecule is CC.CCOC(=S)NN. The summed E-state index contributed by atoms with van der Waals surface area (Å²) in [5, 5.41) is 0.238. The maximum atomic E-state index is 4.84. The number of hydrogen-bond donors (Lipinski definition) is 2. The number of nitrogens with one attached hydrogen (secondary N) is 1. The zero-order chi connectivity index (χ0) is 7.70. The van der Waals surface area contributed by atoms with E-state index in [1.54, 1.807) is 0 Å². The van der Waals surface area contributed by atoms with Gasteiger partial charge in [-0.25, -0.2) is 5.84 Å². The van der Waals surface area contributed by atoms with Crippen molar-refractivity contribution >= 4 is 17.4 Å². The van der Waals surface area contributed by atoms with Gasteiger partial charge in [0, 0.05) is 0 Å². The summed E-state index contributed by atoms with van der Waals surface area (Å²) >= 11 is 4.50. The van der Waals surface area contributed by atoms with E-state index in [1.807, 2.05) is 20.8 Å². The van der Waals surface area contributed by atoms with E-state index in [4.69, 9.17) is 5.84 Å². The van der Waals surface area contributed by atoms with E-state index in [-0.39, 0.29) is 5.17 Å². The molecular formula is C5H14N2OS. The molecule has 0 amide bonds. The lowest BCUT2D eigenvalue weighted by Gasteiger charge is -1.99. The molecule has 9 heavy (non-hydrogen) atoms. The molecule has 0 aromatic rings. The Labute approximate surface area is 61.5 Å². The van der Waals surface area contributed by atoms with Crippen molar-refractivity contribution in [1.82, 2.24) is 5.43 Å². The van der Waals surface area contributed by atoms with Crippen LogP contribution in [0.4, 0.5) is 0 Å². The highest BCUT2D eigenvalue weighted by Crippen LogP contribution is 1.71. The van der Waals surface area contributed by atoms with Crippen LogP contribution in [0.25, 0.3) is 0 Å².